The van der Waals surface area contributed by atoms with Gasteiger partial charge >= 0.3 is 0 Å². The van der Waals surface area contributed by atoms with Crippen molar-refractivity contribution in [2.24, 2.45) is 5.41 Å². The van der Waals surface area contributed by atoms with Crippen molar-refractivity contribution >= 4 is 22.8 Å². The maximum atomic E-state index is 13.1. The molecule has 3 aromatic carbocycles. The number of rotatable bonds is 4. The van der Waals surface area contributed by atoms with Crippen molar-refractivity contribution in [3.05, 3.63) is 95.3 Å². The summed E-state index contributed by atoms with van der Waals surface area (Å²) in [4.78, 5) is 30.2. The van der Waals surface area contributed by atoms with Crippen molar-refractivity contribution in [3.8, 4) is 5.69 Å². The Morgan fingerprint density at radius 1 is 1.00 bits per heavy atom. The second-order valence-corrected chi connectivity index (χ2v) is 9.32. The maximum Gasteiger partial charge on any atom is 0.251 e. The molecule has 0 bridgehead atoms. The highest BCUT2D eigenvalue weighted by Crippen LogP contribution is 2.41. The first-order valence-corrected chi connectivity index (χ1v) is 11.8. The summed E-state index contributed by atoms with van der Waals surface area (Å²) >= 11 is 0. The molecule has 4 aromatic rings. The Labute approximate surface area is 198 Å². The summed E-state index contributed by atoms with van der Waals surface area (Å²) in [6, 6.07) is 24.0. The number of para-hydroxylation sites is 3. The first kappa shape index (κ1) is 20.7. The van der Waals surface area contributed by atoms with E-state index < -0.39 is 0 Å². The van der Waals surface area contributed by atoms with Crippen molar-refractivity contribution in [3.63, 3.8) is 0 Å². The number of aryl methyl sites for hydroxylation is 1. The number of benzene rings is 3. The SMILES string of the molecule is O=C(NCc1nc2ccccc2n1-c1ccccc1)c1ccc2c(c1)CCC1(CCNC1=O)C2. The molecule has 1 aromatic heterocycles. The third-order valence-corrected chi connectivity index (χ3v) is 7.29. The van der Waals surface area contributed by atoms with E-state index in [4.69, 9.17) is 4.98 Å². The predicted octanol–water partition coefficient (Wildman–Crippen LogP) is 3.95. The fourth-order valence-corrected chi connectivity index (χ4v) is 5.44. The van der Waals surface area contributed by atoms with Gasteiger partial charge in [-0.05, 0) is 73.2 Å². The van der Waals surface area contributed by atoms with Crippen LogP contribution in [-0.2, 0) is 24.2 Å². The monoisotopic (exact) mass is 450 g/mol. The van der Waals surface area contributed by atoms with Crippen LogP contribution in [-0.4, -0.2) is 27.9 Å². The molecule has 1 aliphatic carbocycles. The van der Waals surface area contributed by atoms with Gasteiger partial charge in [-0.2, -0.15) is 0 Å². The van der Waals surface area contributed by atoms with Crippen LogP contribution in [0.4, 0.5) is 0 Å². The number of carbonyl (C=O) groups excluding carboxylic acids is 2. The summed E-state index contributed by atoms with van der Waals surface area (Å²) in [6.07, 6.45) is 3.33. The number of fused-ring (bicyclic) bond motifs is 2. The maximum absolute atomic E-state index is 13.1. The van der Waals surface area contributed by atoms with Crippen molar-refractivity contribution < 1.29 is 9.59 Å². The molecule has 2 amide bonds. The summed E-state index contributed by atoms with van der Waals surface area (Å²) in [5.74, 6) is 0.850. The van der Waals surface area contributed by atoms with E-state index in [1.807, 2.05) is 72.8 Å². The molecule has 1 atom stereocenters. The van der Waals surface area contributed by atoms with Crippen LogP contribution in [0.5, 0.6) is 0 Å². The molecule has 2 heterocycles. The van der Waals surface area contributed by atoms with Crippen molar-refractivity contribution in [2.75, 3.05) is 6.54 Å². The van der Waals surface area contributed by atoms with Gasteiger partial charge in [-0.3, -0.25) is 14.2 Å². The van der Waals surface area contributed by atoms with Crippen LogP contribution in [0, 0.1) is 5.41 Å². The molecular formula is C28H26N4O2. The fourth-order valence-electron chi connectivity index (χ4n) is 5.44. The van der Waals surface area contributed by atoms with Gasteiger partial charge in [0.25, 0.3) is 5.91 Å². The topological polar surface area (TPSA) is 76.0 Å². The molecule has 6 nitrogen and oxygen atoms in total. The molecule has 1 saturated heterocycles. The van der Waals surface area contributed by atoms with Gasteiger partial charge in [0.2, 0.25) is 5.91 Å². The summed E-state index contributed by atoms with van der Waals surface area (Å²) < 4.78 is 2.09. The van der Waals surface area contributed by atoms with E-state index in [0.717, 1.165) is 54.8 Å². The first-order valence-electron chi connectivity index (χ1n) is 11.8. The van der Waals surface area contributed by atoms with Crippen molar-refractivity contribution in [1.29, 1.82) is 0 Å². The van der Waals surface area contributed by atoms with Gasteiger partial charge < -0.3 is 10.6 Å². The highest BCUT2D eigenvalue weighted by atomic mass is 16.2. The molecule has 170 valence electrons. The van der Waals surface area contributed by atoms with Crippen LogP contribution in [0.3, 0.4) is 0 Å². The Balaban J connectivity index is 1.23. The van der Waals surface area contributed by atoms with E-state index >= 15 is 0 Å². The lowest BCUT2D eigenvalue weighted by Crippen LogP contribution is -2.36. The third-order valence-electron chi connectivity index (χ3n) is 7.29. The largest absolute Gasteiger partial charge is 0.356 e. The lowest BCUT2D eigenvalue weighted by Gasteiger charge is -2.32. The average Bonchev–Trinajstić information content (AvgIpc) is 3.42. The Morgan fingerprint density at radius 3 is 2.65 bits per heavy atom. The van der Waals surface area contributed by atoms with E-state index in [1.54, 1.807) is 0 Å². The molecule has 1 fully saturated rings. The molecule has 1 spiro atoms. The predicted molar refractivity (Wildman–Crippen MR) is 131 cm³/mol. The molecule has 6 rings (SSSR count). The standard InChI is InChI=1S/C28H26N4O2/c33-26(20-10-11-21-17-28(13-12-19(21)16-20)14-15-29-27(28)34)30-18-25-31-23-8-4-5-9-24(23)32(25)22-6-2-1-3-7-22/h1-11,16H,12-15,17-18H2,(H,29,34)(H,30,33). The number of nitrogens with one attached hydrogen (secondary N) is 2. The van der Waals surface area contributed by atoms with E-state index in [-0.39, 0.29) is 17.2 Å². The third kappa shape index (κ3) is 3.46. The minimum atomic E-state index is -0.257. The zero-order chi connectivity index (χ0) is 23.1. The normalized spacial score (nSPS) is 19.2. The zero-order valence-corrected chi connectivity index (χ0v) is 18.9. The van der Waals surface area contributed by atoms with E-state index in [0.29, 0.717) is 12.1 Å². The lowest BCUT2D eigenvalue weighted by molar-refractivity contribution is -0.128. The van der Waals surface area contributed by atoms with Crippen LogP contribution >= 0.6 is 0 Å². The van der Waals surface area contributed by atoms with Crippen LogP contribution in [0.15, 0.2) is 72.8 Å². The molecule has 0 saturated carbocycles. The Bertz CT molecular complexity index is 1410. The number of amides is 2. The van der Waals surface area contributed by atoms with Crippen LogP contribution < -0.4 is 10.6 Å². The van der Waals surface area contributed by atoms with Gasteiger partial charge in [0.1, 0.15) is 5.82 Å². The summed E-state index contributed by atoms with van der Waals surface area (Å²) in [5, 5.41) is 6.05. The van der Waals surface area contributed by atoms with Crippen molar-refractivity contribution in [2.45, 2.75) is 32.2 Å². The van der Waals surface area contributed by atoms with Gasteiger partial charge in [-0.25, -0.2) is 4.98 Å². The Kier molecular flexibility index (Phi) is 4.94. The highest BCUT2D eigenvalue weighted by Gasteiger charge is 2.44. The number of carbonyl (C=O) groups is 2. The van der Waals surface area contributed by atoms with Gasteiger partial charge in [0.05, 0.1) is 23.0 Å². The number of aromatic nitrogens is 2. The molecular weight excluding hydrogens is 424 g/mol. The molecule has 2 aliphatic rings. The molecule has 1 aliphatic heterocycles. The second kappa shape index (κ2) is 8.13. The summed E-state index contributed by atoms with van der Waals surface area (Å²) in [6.45, 7) is 1.09. The van der Waals surface area contributed by atoms with E-state index in [9.17, 15) is 9.59 Å². The van der Waals surface area contributed by atoms with Crippen LogP contribution in [0.25, 0.3) is 16.7 Å². The van der Waals surface area contributed by atoms with Crippen LogP contribution in [0.1, 0.15) is 40.2 Å². The highest BCUT2D eigenvalue weighted by molar-refractivity contribution is 5.94. The number of imidazole rings is 1. The van der Waals surface area contributed by atoms with Crippen LogP contribution in [0.2, 0.25) is 0 Å². The second-order valence-electron chi connectivity index (χ2n) is 9.32. The molecule has 2 N–H and O–H groups in total. The minimum absolute atomic E-state index is 0.117. The first-order chi connectivity index (χ1) is 16.6. The molecule has 34 heavy (non-hydrogen) atoms. The Morgan fingerprint density at radius 2 is 1.82 bits per heavy atom. The van der Waals surface area contributed by atoms with Crippen molar-refractivity contribution in [1.82, 2.24) is 20.2 Å². The summed E-state index contributed by atoms with van der Waals surface area (Å²) in [5.41, 5.74) is 5.67. The smallest absolute Gasteiger partial charge is 0.251 e. The zero-order valence-electron chi connectivity index (χ0n) is 18.9. The van der Waals surface area contributed by atoms with E-state index in [1.165, 1.54) is 11.1 Å². The quantitative estimate of drug-likeness (QED) is 0.494. The van der Waals surface area contributed by atoms with Gasteiger partial charge in [-0.1, -0.05) is 36.4 Å². The van der Waals surface area contributed by atoms with Gasteiger partial charge in [0.15, 0.2) is 0 Å². The minimum Gasteiger partial charge on any atom is -0.356 e. The lowest BCUT2D eigenvalue weighted by atomic mass is 9.70. The number of hydrogen-bond donors (Lipinski definition) is 2. The van der Waals surface area contributed by atoms with E-state index in [2.05, 4.69) is 15.2 Å². The number of hydrogen-bond acceptors (Lipinski definition) is 3. The molecule has 0 radical (unpaired) electrons. The van der Waals surface area contributed by atoms with Gasteiger partial charge in [0, 0.05) is 17.8 Å². The average molecular weight is 451 g/mol. The van der Waals surface area contributed by atoms with Gasteiger partial charge in [-0.15, -0.1) is 0 Å². The fraction of sp³-hybridized carbons (Fsp3) is 0.250. The Hall–Kier alpha value is -3.93. The molecule has 6 heteroatoms. The molecule has 1 unspecified atom stereocenters. The number of nitrogens with zero attached hydrogens (tertiary/aromatic N) is 2. The summed E-state index contributed by atoms with van der Waals surface area (Å²) in [7, 11) is 0.